The third kappa shape index (κ3) is 5.17. The van der Waals surface area contributed by atoms with E-state index in [1.165, 1.54) is 5.56 Å². The third-order valence-electron chi connectivity index (χ3n) is 3.05. The highest BCUT2D eigenvalue weighted by molar-refractivity contribution is 5.23. The molecule has 1 unspecified atom stereocenters. The number of methoxy groups -OCH3 is 1. The van der Waals surface area contributed by atoms with Gasteiger partial charge in [-0.25, -0.2) is 0 Å². The molecule has 0 amide bonds. The van der Waals surface area contributed by atoms with Crippen LogP contribution in [-0.2, 0) is 15.0 Å². The highest BCUT2D eigenvalue weighted by Gasteiger charge is 2.23. The molecule has 1 aromatic rings. The second-order valence-electron chi connectivity index (χ2n) is 5.31. The molecule has 0 saturated heterocycles. The van der Waals surface area contributed by atoms with Crippen molar-refractivity contribution in [2.45, 2.75) is 38.6 Å². The fourth-order valence-electron chi connectivity index (χ4n) is 2.14. The average Bonchev–Trinajstić information content (AvgIpc) is 2.35. The minimum absolute atomic E-state index is 0.137. The van der Waals surface area contributed by atoms with Gasteiger partial charge in [0.05, 0.1) is 13.2 Å². The van der Waals surface area contributed by atoms with Crippen LogP contribution in [0.4, 0.5) is 0 Å². The molecule has 0 saturated carbocycles. The van der Waals surface area contributed by atoms with E-state index in [2.05, 4.69) is 56.6 Å². The second-order valence-corrected chi connectivity index (χ2v) is 5.31. The van der Waals surface area contributed by atoms with Crippen molar-refractivity contribution in [3.8, 4) is 0 Å². The molecule has 1 N–H and O–H groups in total. The van der Waals surface area contributed by atoms with Gasteiger partial charge in [-0.1, -0.05) is 44.2 Å². The van der Waals surface area contributed by atoms with Gasteiger partial charge in [0.2, 0.25) is 0 Å². The number of hydroxylamine groups is 1. The molecule has 3 nitrogen and oxygen atoms in total. The van der Waals surface area contributed by atoms with E-state index in [1.54, 1.807) is 7.11 Å². The Bertz CT molecular complexity index is 325. The zero-order chi connectivity index (χ0) is 13.4. The van der Waals surface area contributed by atoms with E-state index in [-0.39, 0.29) is 5.41 Å². The van der Waals surface area contributed by atoms with Gasteiger partial charge in [0, 0.05) is 13.2 Å². The smallest absolute Gasteiger partial charge is 0.0915 e. The molecule has 1 atom stereocenters. The molecule has 0 aliphatic heterocycles. The largest absolute Gasteiger partial charge is 0.382 e. The number of hydrogen-bond acceptors (Lipinski definition) is 3. The molecule has 0 heterocycles. The lowest BCUT2D eigenvalue weighted by atomic mass is 9.79. The first-order chi connectivity index (χ1) is 8.56. The van der Waals surface area contributed by atoms with Crippen LogP contribution in [-0.4, -0.2) is 26.4 Å². The summed E-state index contributed by atoms with van der Waals surface area (Å²) in [6.45, 7) is 7.84. The lowest BCUT2D eigenvalue weighted by molar-refractivity contribution is -0.0130. The summed E-state index contributed by atoms with van der Waals surface area (Å²) in [5.41, 5.74) is 4.56. The van der Waals surface area contributed by atoms with Crippen LogP contribution in [0.2, 0.25) is 0 Å². The van der Waals surface area contributed by atoms with Crippen LogP contribution in [0.25, 0.3) is 0 Å². The van der Waals surface area contributed by atoms with Crippen molar-refractivity contribution >= 4 is 0 Å². The Morgan fingerprint density at radius 2 is 1.83 bits per heavy atom. The summed E-state index contributed by atoms with van der Waals surface area (Å²) in [7, 11) is 1.67. The highest BCUT2D eigenvalue weighted by Crippen LogP contribution is 2.27. The Balaban J connectivity index is 2.40. The zero-order valence-corrected chi connectivity index (χ0v) is 11.9. The summed E-state index contributed by atoms with van der Waals surface area (Å²) in [5, 5.41) is 0. The van der Waals surface area contributed by atoms with E-state index >= 15 is 0 Å². The van der Waals surface area contributed by atoms with Gasteiger partial charge in [-0.15, -0.1) is 0 Å². The number of benzene rings is 1. The summed E-state index contributed by atoms with van der Waals surface area (Å²) in [6.07, 6.45) is 1.02. The first kappa shape index (κ1) is 15.2. The minimum Gasteiger partial charge on any atom is -0.382 e. The van der Waals surface area contributed by atoms with E-state index in [4.69, 9.17) is 9.57 Å². The molecule has 18 heavy (non-hydrogen) atoms. The van der Waals surface area contributed by atoms with Crippen molar-refractivity contribution in [1.29, 1.82) is 0 Å². The molecule has 3 heteroatoms. The van der Waals surface area contributed by atoms with Gasteiger partial charge in [0.15, 0.2) is 0 Å². The summed E-state index contributed by atoms with van der Waals surface area (Å²) in [6, 6.07) is 10.9. The molecule has 102 valence electrons. The molecule has 0 aromatic heterocycles. The van der Waals surface area contributed by atoms with Crippen molar-refractivity contribution in [3.05, 3.63) is 35.9 Å². The molecule has 0 bridgehead atoms. The average molecular weight is 251 g/mol. The first-order valence-electron chi connectivity index (χ1n) is 6.48. The van der Waals surface area contributed by atoms with Gasteiger partial charge in [-0.3, -0.25) is 4.84 Å². The van der Waals surface area contributed by atoms with Crippen LogP contribution in [0, 0.1) is 0 Å². The zero-order valence-electron chi connectivity index (χ0n) is 11.9. The van der Waals surface area contributed by atoms with Crippen LogP contribution < -0.4 is 5.48 Å². The Morgan fingerprint density at radius 3 is 2.44 bits per heavy atom. The number of hydrogen-bond donors (Lipinski definition) is 1. The van der Waals surface area contributed by atoms with Crippen LogP contribution in [0.3, 0.4) is 0 Å². The molecule has 0 aliphatic carbocycles. The first-order valence-corrected chi connectivity index (χ1v) is 6.48. The predicted octanol–water partition coefficient (Wildman–Crippen LogP) is 2.91. The van der Waals surface area contributed by atoms with Gasteiger partial charge in [0.25, 0.3) is 0 Å². The maximum Gasteiger partial charge on any atom is 0.0915 e. The summed E-state index contributed by atoms with van der Waals surface area (Å²) >= 11 is 0. The minimum atomic E-state index is 0.137. The van der Waals surface area contributed by atoms with Crippen molar-refractivity contribution in [1.82, 2.24) is 5.48 Å². The molecule has 0 aliphatic rings. The quantitative estimate of drug-likeness (QED) is 0.569. The Kier molecular flexibility index (Phi) is 6.33. The van der Waals surface area contributed by atoms with Crippen molar-refractivity contribution < 1.29 is 9.57 Å². The number of nitrogens with one attached hydrogen (secondary N) is 1. The van der Waals surface area contributed by atoms with E-state index in [1.807, 2.05) is 0 Å². The summed E-state index contributed by atoms with van der Waals surface area (Å²) < 4.78 is 4.93. The van der Waals surface area contributed by atoms with Gasteiger partial charge < -0.3 is 4.74 Å². The molecule has 0 radical (unpaired) electrons. The Morgan fingerprint density at radius 1 is 1.17 bits per heavy atom. The highest BCUT2D eigenvalue weighted by atomic mass is 16.7. The molecule has 1 aromatic carbocycles. The van der Waals surface area contributed by atoms with Crippen LogP contribution in [0.5, 0.6) is 0 Å². The third-order valence-corrected chi connectivity index (χ3v) is 3.05. The lowest BCUT2D eigenvalue weighted by Crippen LogP contribution is -2.34. The molecular formula is C15H25NO2. The van der Waals surface area contributed by atoms with Gasteiger partial charge >= 0.3 is 0 Å². The Hall–Kier alpha value is -0.900. The molecule has 1 rings (SSSR count). The topological polar surface area (TPSA) is 30.5 Å². The van der Waals surface area contributed by atoms with E-state index in [0.29, 0.717) is 19.3 Å². The summed E-state index contributed by atoms with van der Waals surface area (Å²) in [4.78, 5) is 5.34. The SMILES string of the molecule is COCCONC(C)CC(C)(C)c1ccccc1. The van der Waals surface area contributed by atoms with Gasteiger partial charge in [0.1, 0.15) is 0 Å². The van der Waals surface area contributed by atoms with Crippen LogP contribution in [0.1, 0.15) is 32.8 Å². The lowest BCUT2D eigenvalue weighted by Gasteiger charge is -2.29. The fraction of sp³-hybridized carbons (Fsp3) is 0.600. The number of ether oxygens (including phenoxy) is 1. The van der Waals surface area contributed by atoms with Crippen molar-refractivity contribution in [2.75, 3.05) is 20.3 Å². The molecule has 0 spiro atoms. The summed E-state index contributed by atoms with van der Waals surface area (Å²) in [5.74, 6) is 0. The molecular weight excluding hydrogens is 226 g/mol. The van der Waals surface area contributed by atoms with E-state index in [9.17, 15) is 0 Å². The van der Waals surface area contributed by atoms with Crippen molar-refractivity contribution in [2.24, 2.45) is 0 Å². The normalized spacial score (nSPS) is 13.6. The predicted molar refractivity (Wildman–Crippen MR) is 74.5 cm³/mol. The second kappa shape index (κ2) is 7.52. The fourth-order valence-corrected chi connectivity index (χ4v) is 2.14. The number of rotatable bonds is 8. The standard InChI is InChI=1S/C15H25NO2/c1-13(16-18-11-10-17-4)12-15(2,3)14-8-6-5-7-9-14/h5-9,13,16H,10-12H2,1-4H3. The van der Waals surface area contributed by atoms with Crippen LogP contribution >= 0.6 is 0 Å². The van der Waals surface area contributed by atoms with Crippen LogP contribution in [0.15, 0.2) is 30.3 Å². The monoisotopic (exact) mass is 251 g/mol. The van der Waals surface area contributed by atoms with Gasteiger partial charge in [-0.05, 0) is 24.3 Å². The van der Waals surface area contributed by atoms with Crippen molar-refractivity contribution in [3.63, 3.8) is 0 Å². The maximum absolute atomic E-state index is 5.34. The van der Waals surface area contributed by atoms with Gasteiger partial charge in [-0.2, -0.15) is 5.48 Å². The molecule has 0 fully saturated rings. The van der Waals surface area contributed by atoms with E-state index in [0.717, 1.165) is 6.42 Å². The van der Waals surface area contributed by atoms with E-state index < -0.39 is 0 Å². The maximum atomic E-state index is 5.34. The Labute approximate surface area is 110 Å².